The van der Waals surface area contributed by atoms with E-state index in [-0.39, 0.29) is 11.2 Å². The lowest BCUT2D eigenvalue weighted by atomic mass is 9.96. The van der Waals surface area contributed by atoms with Gasteiger partial charge in [0.15, 0.2) is 0 Å². The third-order valence-electron chi connectivity index (χ3n) is 4.04. The maximum absolute atomic E-state index is 6.16. The molecule has 0 radical (unpaired) electrons. The van der Waals surface area contributed by atoms with Crippen LogP contribution in [0.4, 0.5) is 0 Å². The van der Waals surface area contributed by atoms with Crippen molar-refractivity contribution >= 4 is 0 Å². The largest absolute Gasteiger partial charge is 0.367 e. The van der Waals surface area contributed by atoms with E-state index in [1.165, 1.54) is 19.3 Å². The van der Waals surface area contributed by atoms with E-state index in [9.17, 15) is 0 Å². The monoisotopic (exact) mass is 240 g/mol. The zero-order valence-electron chi connectivity index (χ0n) is 12.0. The fourth-order valence-corrected chi connectivity index (χ4v) is 3.80. The van der Waals surface area contributed by atoms with Crippen molar-refractivity contribution in [2.45, 2.75) is 70.2 Å². The van der Waals surface area contributed by atoms with E-state index >= 15 is 0 Å². The summed E-state index contributed by atoms with van der Waals surface area (Å²) in [5.74, 6) is 0. The molecule has 2 fully saturated rings. The lowest BCUT2D eigenvalue weighted by Crippen LogP contribution is -2.61. The zero-order valence-corrected chi connectivity index (χ0v) is 12.0. The molecule has 17 heavy (non-hydrogen) atoms. The van der Waals surface area contributed by atoms with E-state index in [4.69, 9.17) is 4.74 Å². The van der Waals surface area contributed by atoms with Gasteiger partial charge >= 0.3 is 0 Å². The SMILES string of the molecule is CNC1CCCC1N1CC(C)(C)OC(C)(C)C1. The van der Waals surface area contributed by atoms with Gasteiger partial charge in [0.05, 0.1) is 11.2 Å². The number of nitrogens with zero attached hydrogens (tertiary/aromatic N) is 1. The van der Waals surface area contributed by atoms with Crippen molar-refractivity contribution in [1.29, 1.82) is 0 Å². The maximum Gasteiger partial charge on any atom is 0.0760 e. The Balaban J connectivity index is 2.10. The number of hydrogen-bond acceptors (Lipinski definition) is 3. The Kier molecular flexibility index (Phi) is 3.54. The second kappa shape index (κ2) is 4.52. The maximum atomic E-state index is 6.16. The summed E-state index contributed by atoms with van der Waals surface area (Å²) >= 11 is 0. The van der Waals surface area contributed by atoms with Crippen molar-refractivity contribution in [3.63, 3.8) is 0 Å². The van der Waals surface area contributed by atoms with Crippen LogP contribution in [0.2, 0.25) is 0 Å². The number of likely N-dealkylation sites (N-methyl/N-ethyl adjacent to an activating group) is 1. The first kappa shape index (κ1) is 13.3. The van der Waals surface area contributed by atoms with Gasteiger partial charge in [-0.15, -0.1) is 0 Å². The molecule has 1 N–H and O–H groups in total. The Morgan fingerprint density at radius 3 is 2.18 bits per heavy atom. The topological polar surface area (TPSA) is 24.5 Å². The van der Waals surface area contributed by atoms with Crippen LogP contribution in [0.5, 0.6) is 0 Å². The van der Waals surface area contributed by atoms with Crippen molar-refractivity contribution in [1.82, 2.24) is 10.2 Å². The lowest BCUT2D eigenvalue weighted by Gasteiger charge is -2.50. The molecule has 0 aromatic carbocycles. The first-order valence-electron chi connectivity index (χ1n) is 6.94. The summed E-state index contributed by atoms with van der Waals surface area (Å²) < 4.78 is 6.16. The third kappa shape index (κ3) is 3.01. The summed E-state index contributed by atoms with van der Waals surface area (Å²) in [5.41, 5.74) is -0.0503. The second-order valence-corrected chi connectivity index (χ2v) is 6.92. The van der Waals surface area contributed by atoms with Gasteiger partial charge in [-0.3, -0.25) is 4.90 Å². The Morgan fingerprint density at radius 2 is 1.65 bits per heavy atom. The highest BCUT2D eigenvalue weighted by atomic mass is 16.5. The first-order chi connectivity index (χ1) is 7.83. The Labute approximate surface area is 106 Å². The predicted molar refractivity (Wildman–Crippen MR) is 71.3 cm³/mol. The lowest BCUT2D eigenvalue weighted by molar-refractivity contribution is -0.188. The van der Waals surface area contributed by atoms with Gasteiger partial charge in [0.1, 0.15) is 0 Å². The minimum Gasteiger partial charge on any atom is -0.367 e. The molecule has 3 nitrogen and oxygen atoms in total. The molecule has 1 saturated heterocycles. The van der Waals surface area contributed by atoms with Crippen molar-refractivity contribution in [3.8, 4) is 0 Å². The van der Waals surface area contributed by atoms with Crippen molar-refractivity contribution in [2.24, 2.45) is 0 Å². The molecule has 0 spiro atoms. The van der Waals surface area contributed by atoms with Crippen LogP contribution in [0.15, 0.2) is 0 Å². The Bertz CT molecular complexity index is 259. The minimum atomic E-state index is -0.0252. The predicted octanol–water partition coefficient (Wildman–Crippen LogP) is 2.02. The van der Waals surface area contributed by atoms with Gasteiger partial charge in [-0.25, -0.2) is 0 Å². The summed E-state index contributed by atoms with van der Waals surface area (Å²) in [7, 11) is 2.10. The highest BCUT2D eigenvalue weighted by molar-refractivity contribution is 4.97. The van der Waals surface area contributed by atoms with Crippen LogP contribution in [0.25, 0.3) is 0 Å². The summed E-state index contributed by atoms with van der Waals surface area (Å²) in [6.07, 6.45) is 4.01. The van der Waals surface area contributed by atoms with Gasteiger partial charge in [0.25, 0.3) is 0 Å². The summed E-state index contributed by atoms with van der Waals surface area (Å²) in [6, 6.07) is 1.36. The fraction of sp³-hybridized carbons (Fsp3) is 1.00. The molecule has 0 bridgehead atoms. The van der Waals surface area contributed by atoms with Crippen LogP contribution < -0.4 is 5.32 Å². The van der Waals surface area contributed by atoms with Gasteiger partial charge in [-0.1, -0.05) is 6.42 Å². The summed E-state index contributed by atoms with van der Waals surface area (Å²) in [5, 5.41) is 3.48. The van der Waals surface area contributed by atoms with E-state index in [2.05, 4.69) is 45.0 Å². The van der Waals surface area contributed by atoms with Gasteiger partial charge in [0, 0.05) is 25.2 Å². The molecular weight excluding hydrogens is 212 g/mol. The Morgan fingerprint density at radius 1 is 1.06 bits per heavy atom. The number of morpholine rings is 1. The smallest absolute Gasteiger partial charge is 0.0760 e. The average Bonchev–Trinajstić information content (AvgIpc) is 2.59. The molecule has 2 rings (SSSR count). The molecule has 1 heterocycles. The van der Waals surface area contributed by atoms with Crippen LogP contribution in [-0.2, 0) is 4.74 Å². The van der Waals surface area contributed by atoms with E-state index in [1.54, 1.807) is 0 Å². The Hall–Kier alpha value is -0.120. The van der Waals surface area contributed by atoms with Crippen LogP contribution >= 0.6 is 0 Å². The minimum absolute atomic E-state index is 0.0252. The molecule has 1 saturated carbocycles. The standard InChI is InChI=1S/C14H28N2O/c1-13(2)9-16(10-14(3,4)17-13)12-8-6-7-11(12)15-5/h11-12,15H,6-10H2,1-5H3. The first-order valence-corrected chi connectivity index (χ1v) is 6.94. The van der Waals surface area contributed by atoms with Gasteiger partial charge in [-0.2, -0.15) is 0 Å². The molecule has 1 aliphatic carbocycles. The highest BCUT2D eigenvalue weighted by Gasteiger charge is 2.43. The molecule has 3 heteroatoms. The van der Waals surface area contributed by atoms with Gasteiger partial charge < -0.3 is 10.1 Å². The van der Waals surface area contributed by atoms with Crippen LogP contribution in [-0.4, -0.2) is 48.3 Å². The van der Waals surface area contributed by atoms with E-state index in [1.807, 2.05) is 0 Å². The molecule has 100 valence electrons. The van der Waals surface area contributed by atoms with Crippen LogP contribution in [0, 0.1) is 0 Å². The van der Waals surface area contributed by atoms with Crippen molar-refractivity contribution in [3.05, 3.63) is 0 Å². The summed E-state index contributed by atoms with van der Waals surface area (Å²) in [6.45, 7) is 11.0. The molecule has 1 aliphatic heterocycles. The average molecular weight is 240 g/mol. The highest BCUT2D eigenvalue weighted by Crippen LogP contribution is 2.33. The number of nitrogens with one attached hydrogen (secondary N) is 1. The third-order valence-corrected chi connectivity index (χ3v) is 4.04. The van der Waals surface area contributed by atoms with Crippen LogP contribution in [0.1, 0.15) is 47.0 Å². The molecule has 0 aromatic heterocycles. The van der Waals surface area contributed by atoms with E-state index in [0.717, 1.165) is 13.1 Å². The molecular formula is C14H28N2O. The van der Waals surface area contributed by atoms with Gasteiger partial charge in [-0.05, 0) is 47.6 Å². The van der Waals surface area contributed by atoms with Crippen LogP contribution in [0.3, 0.4) is 0 Å². The number of rotatable bonds is 2. The molecule has 2 aliphatic rings. The number of ether oxygens (including phenoxy) is 1. The normalized spacial score (nSPS) is 37.2. The fourth-order valence-electron chi connectivity index (χ4n) is 3.80. The van der Waals surface area contributed by atoms with Crippen molar-refractivity contribution < 1.29 is 4.74 Å². The molecule has 0 aromatic rings. The quantitative estimate of drug-likeness (QED) is 0.799. The van der Waals surface area contributed by atoms with E-state index in [0.29, 0.717) is 12.1 Å². The van der Waals surface area contributed by atoms with E-state index < -0.39 is 0 Å². The summed E-state index contributed by atoms with van der Waals surface area (Å²) in [4.78, 5) is 2.65. The van der Waals surface area contributed by atoms with Gasteiger partial charge in [0.2, 0.25) is 0 Å². The number of hydrogen-bond donors (Lipinski definition) is 1. The molecule has 2 unspecified atom stereocenters. The second-order valence-electron chi connectivity index (χ2n) is 6.92. The zero-order chi connectivity index (χ0) is 12.7. The molecule has 2 atom stereocenters. The molecule has 0 amide bonds. The van der Waals surface area contributed by atoms with Crippen molar-refractivity contribution in [2.75, 3.05) is 20.1 Å².